The summed E-state index contributed by atoms with van der Waals surface area (Å²) in [5, 5.41) is 0.738. The highest BCUT2D eigenvalue weighted by molar-refractivity contribution is 7.52. The van der Waals surface area contributed by atoms with Gasteiger partial charge in [0.2, 0.25) is 19.5 Å². The van der Waals surface area contributed by atoms with E-state index >= 15 is 0 Å². The van der Waals surface area contributed by atoms with Crippen LogP contribution in [0.5, 0.6) is 0 Å². The van der Waals surface area contributed by atoms with Crippen molar-refractivity contribution >= 4 is 31.6 Å². The minimum absolute atomic E-state index is 0.167. The topological polar surface area (TPSA) is 156 Å². The molecule has 0 bridgehead atoms. The van der Waals surface area contributed by atoms with E-state index in [9.17, 15) is 18.9 Å². The molecular weight excluding hydrogens is 409 g/mol. The van der Waals surface area contributed by atoms with E-state index in [2.05, 4.69) is 9.60 Å². The lowest BCUT2D eigenvalue weighted by atomic mass is 10.3. The van der Waals surface area contributed by atoms with Crippen molar-refractivity contribution in [3.63, 3.8) is 0 Å². The Balaban J connectivity index is 4.96. The molecule has 12 nitrogen and oxygen atoms in total. The van der Waals surface area contributed by atoms with E-state index in [0.717, 1.165) is 24.8 Å². The predicted octanol–water partition coefficient (Wildman–Crippen LogP) is 2.23. The average molecular weight is 439 g/mol. The number of hydroxylamine groups is 2. The van der Waals surface area contributed by atoms with Gasteiger partial charge in [-0.25, -0.2) is 4.57 Å². The van der Waals surface area contributed by atoms with E-state index in [0.29, 0.717) is 12.8 Å². The molecule has 0 spiro atoms. The molecule has 168 valence electrons. The molecule has 0 saturated carbocycles. The summed E-state index contributed by atoms with van der Waals surface area (Å²) in [7, 11) is -3.13. The molecule has 0 amide bonds. The summed E-state index contributed by atoms with van der Waals surface area (Å²) in [5.41, 5.74) is 5.60. The molecule has 0 aliphatic carbocycles. The van der Waals surface area contributed by atoms with Gasteiger partial charge in [-0.3, -0.25) is 23.4 Å². The lowest BCUT2D eigenvalue weighted by Gasteiger charge is -2.19. The lowest BCUT2D eigenvalue weighted by molar-refractivity contribution is -0.166. The number of ether oxygens (including phenoxy) is 2. The largest absolute Gasteiger partial charge is 0.462 e. The quantitative estimate of drug-likeness (QED) is 0.112. The van der Waals surface area contributed by atoms with Crippen LogP contribution in [-0.2, 0) is 42.3 Å². The van der Waals surface area contributed by atoms with Gasteiger partial charge in [0.1, 0.15) is 0 Å². The molecule has 0 fully saturated rings. The Morgan fingerprint density at radius 2 is 1.41 bits per heavy atom. The van der Waals surface area contributed by atoms with Crippen LogP contribution >= 0.6 is 7.75 Å². The number of carbonyl (C=O) groups excluding carboxylic acids is 3. The van der Waals surface area contributed by atoms with E-state index in [1.165, 1.54) is 7.05 Å². The summed E-state index contributed by atoms with van der Waals surface area (Å²) in [6.45, 7) is 3.49. The van der Waals surface area contributed by atoms with Crippen LogP contribution in [0, 0.1) is 0 Å². The molecule has 0 aliphatic heterocycles. The molecule has 0 rings (SSSR count). The van der Waals surface area contributed by atoms with Crippen molar-refractivity contribution in [3.8, 4) is 0 Å². The predicted molar refractivity (Wildman–Crippen MR) is 102 cm³/mol. The highest BCUT2D eigenvalue weighted by Crippen LogP contribution is 2.50. The Hall–Kier alpha value is -2.17. The van der Waals surface area contributed by atoms with Crippen LogP contribution < -0.4 is 5.73 Å². The van der Waals surface area contributed by atoms with Crippen LogP contribution in [0.15, 0.2) is 4.76 Å². The van der Waals surface area contributed by atoms with Gasteiger partial charge in [0.15, 0.2) is 0 Å². The zero-order valence-corrected chi connectivity index (χ0v) is 18.1. The number of hydrogen-bond donors (Lipinski definition) is 1. The molecule has 0 heterocycles. The van der Waals surface area contributed by atoms with Crippen LogP contribution in [0.25, 0.3) is 0 Å². The normalized spacial score (nSPS) is 11.7. The fourth-order valence-corrected chi connectivity index (χ4v) is 2.57. The second-order valence-electron chi connectivity index (χ2n) is 5.74. The van der Waals surface area contributed by atoms with Crippen molar-refractivity contribution in [3.05, 3.63) is 0 Å². The van der Waals surface area contributed by atoms with Crippen LogP contribution in [0.3, 0.4) is 0 Å². The van der Waals surface area contributed by atoms with Gasteiger partial charge in [-0.2, -0.15) is 5.06 Å². The molecule has 0 radical (unpaired) electrons. The molecular formula is C16H30N3O9P. The zero-order valence-electron chi connectivity index (χ0n) is 17.3. The van der Waals surface area contributed by atoms with Gasteiger partial charge < -0.3 is 20.0 Å². The van der Waals surface area contributed by atoms with Crippen molar-refractivity contribution in [2.75, 3.05) is 20.6 Å². The maximum atomic E-state index is 12.7. The van der Waals surface area contributed by atoms with Gasteiger partial charge in [-0.05, 0) is 12.8 Å². The number of rotatable bonds is 13. The first-order valence-corrected chi connectivity index (χ1v) is 10.6. The second kappa shape index (κ2) is 14.8. The van der Waals surface area contributed by atoms with Gasteiger partial charge in [-0.15, -0.1) is 4.76 Å². The standard InChI is InChI=1S/C16H30N3O9P/c1-5-7-9-14(21)24-11-26-29(23,18-16(17)19(4)28-13(3)20)27-12-25-15(22)10-8-6-2/h5-12H2,1-4H3,(H2,17,18,23). The van der Waals surface area contributed by atoms with E-state index in [-0.39, 0.29) is 12.8 Å². The molecule has 0 atom stereocenters. The molecule has 0 aromatic carbocycles. The number of unbranched alkanes of at least 4 members (excludes halogenated alkanes) is 2. The number of nitrogens with zero attached hydrogens (tertiary/aromatic N) is 2. The van der Waals surface area contributed by atoms with Gasteiger partial charge in [0.05, 0.1) is 0 Å². The number of guanidine groups is 1. The Bertz CT molecular complexity index is 582. The number of nitrogens with two attached hydrogens (primary N) is 1. The second-order valence-corrected chi connectivity index (χ2v) is 7.39. The minimum Gasteiger partial charge on any atom is -0.438 e. The average Bonchev–Trinajstić information content (AvgIpc) is 2.64. The zero-order chi connectivity index (χ0) is 22.3. The summed E-state index contributed by atoms with van der Waals surface area (Å²) in [5.74, 6) is -2.33. The third-order valence-electron chi connectivity index (χ3n) is 3.15. The first-order chi connectivity index (χ1) is 13.6. The minimum atomic E-state index is -4.36. The van der Waals surface area contributed by atoms with Crippen LogP contribution in [0.2, 0.25) is 0 Å². The van der Waals surface area contributed by atoms with Gasteiger partial charge in [-0.1, -0.05) is 26.7 Å². The Morgan fingerprint density at radius 1 is 0.966 bits per heavy atom. The SMILES string of the molecule is CCCCC(=O)OCOP(=O)(N=C(N)N(C)OC(C)=O)OCOC(=O)CCCC. The molecule has 0 aromatic rings. The first-order valence-electron chi connectivity index (χ1n) is 9.11. The monoisotopic (exact) mass is 439 g/mol. The molecule has 0 unspecified atom stereocenters. The summed E-state index contributed by atoms with van der Waals surface area (Å²) >= 11 is 0. The summed E-state index contributed by atoms with van der Waals surface area (Å²) in [6.07, 6.45) is 3.17. The summed E-state index contributed by atoms with van der Waals surface area (Å²) in [6, 6.07) is 0. The van der Waals surface area contributed by atoms with Crippen LogP contribution in [0.4, 0.5) is 0 Å². The third kappa shape index (κ3) is 13.6. The van der Waals surface area contributed by atoms with Crippen LogP contribution in [0.1, 0.15) is 59.3 Å². The molecule has 2 N–H and O–H groups in total. The fourth-order valence-electron chi connectivity index (χ4n) is 1.63. The summed E-state index contributed by atoms with van der Waals surface area (Å²) < 4.78 is 35.8. The van der Waals surface area contributed by atoms with Gasteiger partial charge in [0, 0.05) is 26.8 Å². The Labute approximate surface area is 170 Å². The van der Waals surface area contributed by atoms with E-state index in [4.69, 9.17) is 24.3 Å². The molecule has 29 heavy (non-hydrogen) atoms. The lowest BCUT2D eigenvalue weighted by Crippen LogP contribution is -2.35. The van der Waals surface area contributed by atoms with Crippen molar-refractivity contribution in [1.29, 1.82) is 0 Å². The van der Waals surface area contributed by atoms with Crippen molar-refractivity contribution in [2.45, 2.75) is 59.3 Å². The van der Waals surface area contributed by atoms with Gasteiger partial charge in [0.25, 0.3) is 0 Å². The smallest absolute Gasteiger partial charge is 0.438 e. The first kappa shape index (κ1) is 26.8. The van der Waals surface area contributed by atoms with Gasteiger partial charge >= 0.3 is 25.7 Å². The highest BCUT2D eigenvalue weighted by Gasteiger charge is 2.28. The fraction of sp³-hybridized carbons (Fsp3) is 0.750. The summed E-state index contributed by atoms with van der Waals surface area (Å²) in [4.78, 5) is 38.7. The number of carbonyl (C=O) groups is 3. The van der Waals surface area contributed by atoms with E-state index < -0.39 is 45.2 Å². The van der Waals surface area contributed by atoms with Crippen molar-refractivity contribution < 1.29 is 42.3 Å². The maximum Gasteiger partial charge on any atom is 0.462 e. The number of hydrogen-bond acceptors (Lipinski definition) is 9. The Kier molecular flexibility index (Phi) is 13.7. The molecule has 0 saturated heterocycles. The third-order valence-corrected chi connectivity index (χ3v) is 4.47. The van der Waals surface area contributed by atoms with Crippen molar-refractivity contribution in [1.82, 2.24) is 5.06 Å². The van der Waals surface area contributed by atoms with Crippen molar-refractivity contribution in [2.24, 2.45) is 10.5 Å². The maximum absolute atomic E-state index is 12.7. The van der Waals surface area contributed by atoms with E-state index in [1.807, 2.05) is 13.8 Å². The Morgan fingerprint density at radius 3 is 1.79 bits per heavy atom. The van der Waals surface area contributed by atoms with E-state index in [1.54, 1.807) is 0 Å². The molecule has 0 aromatic heterocycles. The number of esters is 2. The highest BCUT2D eigenvalue weighted by atomic mass is 31.2. The molecule has 0 aliphatic rings. The van der Waals surface area contributed by atoms with Crippen LogP contribution in [-0.4, -0.2) is 49.6 Å². The molecule has 13 heteroatoms.